The SMILES string of the molecule is CCOc1ccc(NC(=O)Cn2cnc3c(cnn3-c3ccc(C(C)C)cc3)c2=O)cc1. The lowest BCUT2D eigenvalue weighted by molar-refractivity contribution is -0.116. The number of carbonyl (C=O) groups excluding carboxylic acids is 1. The molecule has 2 heterocycles. The normalized spacial score (nSPS) is 11.1. The van der Waals surface area contributed by atoms with Gasteiger partial charge in [0.2, 0.25) is 5.91 Å². The standard InChI is InChI=1S/C24H25N5O3/c1-4-32-20-11-7-18(8-12-20)27-22(30)14-28-15-25-23-21(24(28)31)13-26-29(23)19-9-5-17(6-10-19)16(2)3/h5-13,15-16H,4,14H2,1-3H3,(H,27,30). The molecule has 0 fully saturated rings. The minimum absolute atomic E-state index is 0.150. The van der Waals surface area contributed by atoms with E-state index in [1.807, 2.05) is 31.2 Å². The molecule has 1 amide bonds. The van der Waals surface area contributed by atoms with Crippen LogP contribution in [0.25, 0.3) is 16.7 Å². The van der Waals surface area contributed by atoms with Crippen molar-refractivity contribution in [3.05, 3.63) is 77.0 Å². The number of hydrogen-bond acceptors (Lipinski definition) is 5. The molecule has 0 unspecified atom stereocenters. The van der Waals surface area contributed by atoms with Gasteiger partial charge in [-0.25, -0.2) is 9.67 Å². The minimum atomic E-state index is -0.325. The zero-order chi connectivity index (χ0) is 22.7. The Morgan fingerprint density at radius 2 is 1.81 bits per heavy atom. The molecular formula is C24H25N5O3. The van der Waals surface area contributed by atoms with Crippen LogP contribution < -0.4 is 15.6 Å². The number of nitrogens with one attached hydrogen (secondary N) is 1. The predicted octanol–water partition coefficient (Wildman–Crippen LogP) is 3.74. The summed E-state index contributed by atoms with van der Waals surface area (Å²) in [6.07, 6.45) is 2.87. The third kappa shape index (κ3) is 4.39. The second-order valence-electron chi connectivity index (χ2n) is 7.72. The average Bonchev–Trinajstić information content (AvgIpc) is 3.22. The number of anilines is 1. The van der Waals surface area contributed by atoms with Crippen molar-refractivity contribution in [1.82, 2.24) is 19.3 Å². The van der Waals surface area contributed by atoms with Crippen molar-refractivity contribution < 1.29 is 9.53 Å². The lowest BCUT2D eigenvalue weighted by Gasteiger charge is -2.09. The van der Waals surface area contributed by atoms with E-state index in [0.717, 1.165) is 11.4 Å². The molecule has 0 atom stereocenters. The summed E-state index contributed by atoms with van der Waals surface area (Å²) in [7, 11) is 0. The summed E-state index contributed by atoms with van der Waals surface area (Å²) in [5.41, 5.74) is 2.80. The van der Waals surface area contributed by atoms with Gasteiger partial charge < -0.3 is 10.1 Å². The number of rotatable bonds is 7. The molecule has 8 nitrogen and oxygen atoms in total. The van der Waals surface area contributed by atoms with Gasteiger partial charge in [-0.15, -0.1) is 0 Å². The van der Waals surface area contributed by atoms with Crippen molar-refractivity contribution in [3.8, 4) is 11.4 Å². The summed E-state index contributed by atoms with van der Waals surface area (Å²) in [6, 6.07) is 15.1. The van der Waals surface area contributed by atoms with E-state index in [1.165, 1.54) is 22.7 Å². The number of benzene rings is 2. The number of carbonyl (C=O) groups is 1. The van der Waals surface area contributed by atoms with Crippen molar-refractivity contribution in [2.45, 2.75) is 33.2 Å². The Morgan fingerprint density at radius 1 is 1.09 bits per heavy atom. The fourth-order valence-corrected chi connectivity index (χ4v) is 3.41. The van der Waals surface area contributed by atoms with Gasteiger partial charge in [0.1, 0.15) is 24.0 Å². The summed E-state index contributed by atoms with van der Waals surface area (Å²) in [5, 5.41) is 7.47. The molecule has 2 aromatic heterocycles. The number of aromatic nitrogens is 4. The number of ether oxygens (including phenoxy) is 1. The first-order valence-electron chi connectivity index (χ1n) is 10.5. The topological polar surface area (TPSA) is 91.0 Å². The Labute approximate surface area is 185 Å². The van der Waals surface area contributed by atoms with Crippen molar-refractivity contribution in [2.75, 3.05) is 11.9 Å². The zero-order valence-corrected chi connectivity index (χ0v) is 18.3. The van der Waals surface area contributed by atoms with E-state index in [2.05, 4.69) is 29.2 Å². The summed E-state index contributed by atoms with van der Waals surface area (Å²) < 4.78 is 8.30. The van der Waals surface area contributed by atoms with Crippen LogP contribution in [0.2, 0.25) is 0 Å². The van der Waals surface area contributed by atoms with Gasteiger partial charge >= 0.3 is 0 Å². The van der Waals surface area contributed by atoms with E-state index in [0.29, 0.717) is 29.2 Å². The van der Waals surface area contributed by atoms with E-state index in [9.17, 15) is 9.59 Å². The van der Waals surface area contributed by atoms with Gasteiger partial charge in [0.05, 0.1) is 18.5 Å². The highest BCUT2D eigenvalue weighted by molar-refractivity contribution is 5.90. The van der Waals surface area contributed by atoms with Gasteiger partial charge in [0.15, 0.2) is 5.65 Å². The number of amides is 1. The first-order valence-corrected chi connectivity index (χ1v) is 10.5. The number of hydrogen-bond donors (Lipinski definition) is 1. The third-order valence-electron chi connectivity index (χ3n) is 5.12. The van der Waals surface area contributed by atoms with Crippen LogP contribution in [0.3, 0.4) is 0 Å². The molecule has 0 radical (unpaired) electrons. The van der Waals surface area contributed by atoms with Crippen molar-refractivity contribution in [3.63, 3.8) is 0 Å². The third-order valence-corrected chi connectivity index (χ3v) is 5.12. The first-order chi connectivity index (χ1) is 15.5. The molecule has 2 aromatic carbocycles. The minimum Gasteiger partial charge on any atom is -0.494 e. The van der Waals surface area contributed by atoms with Gasteiger partial charge in [-0.05, 0) is 54.8 Å². The molecular weight excluding hydrogens is 406 g/mol. The van der Waals surface area contributed by atoms with Crippen LogP contribution in [-0.2, 0) is 11.3 Å². The van der Waals surface area contributed by atoms with Crippen LogP contribution in [0, 0.1) is 0 Å². The lowest BCUT2D eigenvalue weighted by atomic mass is 10.0. The molecule has 0 saturated heterocycles. The molecule has 0 saturated carbocycles. The van der Waals surface area contributed by atoms with E-state index in [4.69, 9.17) is 4.74 Å². The molecule has 164 valence electrons. The monoisotopic (exact) mass is 431 g/mol. The van der Waals surface area contributed by atoms with Crippen LogP contribution in [0.15, 0.2) is 65.8 Å². The summed E-state index contributed by atoms with van der Waals surface area (Å²) in [5.74, 6) is 0.832. The average molecular weight is 431 g/mol. The van der Waals surface area contributed by atoms with E-state index < -0.39 is 0 Å². The highest BCUT2D eigenvalue weighted by Crippen LogP contribution is 2.19. The molecule has 0 bridgehead atoms. The second kappa shape index (κ2) is 9.05. The lowest BCUT2D eigenvalue weighted by Crippen LogP contribution is -2.27. The molecule has 32 heavy (non-hydrogen) atoms. The molecule has 1 N–H and O–H groups in total. The predicted molar refractivity (Wildman–Crippen MR) is 123 cm³/mol. The maximum absolute atomic E-state index is 12.9. The maximum Gasteiger partial charge on any atom is 0.264 e. The highest BCUT2D eigenvalue weighted by atomic mass is 16.5. The van der Waals surface area contributed by atoms with Gasteiger partial charge in [-0.3, -0.25) is 14.2 Å². The Kier molecular flexibility index (Phi) is 6.02. The Morgan fingerprint density at radius 3 is 2.47 bits per heavy atom. The molecule has 4 rings (SSSR count). The quantitative estimate of drug-likeness (QED) is 0.481. The Hall–Kier alpha value is -3.94. The maximum atomic E-state index is 12.9. The van der Waals surface area contributed by atoms with Crippen LogP contribution in [0.5, 0.6) is 5.75 Å². The molecule has 0 spiro atoms. The smallest absolute Gasteiger partial charge is 0.264 e. The van der Waals surface area contributed by atoms with E-state index in [1.54, 1.807) is 28.9 Å². The second-order valence-corrected chi connectivity index (χ2v) is 7.72. The van der Waals surface area contributed by atoms with Crippen molar-refractivity contribution in [1.29, 1.82) is 0 Å². The largest absolute Gasteiger partial charge is 0.494 e. The van der Waals surface area contributed by atoms with Gasteiger partial charge in [-0.1, -0.05) is 26.0 Å². The van der Waals surface area contributed by atoms with Gasteiger partial charge in [0, 0.05) is 5.69 Å². The van der Waals surface area contributed by atoms with Crippen LogP contribution >= 0.6 is 0 Å². The van der Waals surface area contributed by atoms with Gasteiger partial charge in [-0.2, -0.15) is 5.10 Å². The van der Waals surface area contributed by atoms with Crippen LogP contribution in [0.1, 0.15) is 32.3 Å². The Bertz CT molecular complexity index is 1290. The van der Waals surface area contributed by atoms with Gasteiger partial charge in [0.25, 0.3) is 5.56 Å². The van der Waals surface area contributed by atoms with Crippen LogP contribution in [0.4, 0.5) is 5.69 Å². The number of nitrogens with zero attached hydrogens (tertiary/aromatic N) is 4. The van der Waals surface area contributed by atoms with E-state index >= 15 is 0 Å². The molecule has 0 aliphatic carbocycles. The van der Waals surface area contributed by atoms with Crippen molar-refractivity contribution in [2.24, 2.45) is 0 Å². The summed E-state index contributed by atoms with van der Waals surface area (Å²) in [6.45, 7) is 6.60. The molecule has 8 heteroatoms. The first kappa shape index (κ1) is 21.3. The van der Waals surface area contributed by atoms with Crippen LogP contribution in [-0.4, -0.2) is 31.8 Å². The molecule has 4 aromatic rings. The molecule has 0 aliphatic rings. The summed E-state index contributed by atoms with van der Waals surface area (Å²) in [4.78, 5) is 29.7. The summed E-state index contributed by atoms with van der Waals surface area (Å²) >= 11 is 0. The fraction of sp³-hybridized carbons (Fsp3) is 0.250. The van der Waals surface area contributed by atoms with Crippen molar-refractivity contribution >= 4 is 22.6 Å². The zero-order valence-electron chi connectivity index (χ0n) is 18.3. The fourth-order valence-electron chi connectivity index (χ4n) is 3.41. The highest BCUT2D eigenvalue weighted by Gasteiger charge is 2.14. The number of fused-ring (bicyclic) bond motifs is 1. The Balaban J connectivity index is 1.52. The van der Waals surface area contributed by atoms with E-state index in [-0.39, 0.29) is 18.0 Å². The molecule has 0 aliphatic heterocycles.